The first kappa shape index (κ1) is 13.8. The molecule has 0 saturated carbocycles. The monoisotopic (exact) mass is 269 g/mol. The van der Waals surface area contributed by atoms with Crippen molar-refractivity contribution in [2.45, 2.75) is 13.5 Å². The number of hydrogen-bond donors (Lipinski definition) is 2. The highest BCUT2D eigenvalue weighted by molar-refractivity contribution is 5.90. The molecule has 6 nitrogen and oxygen atoms in total. The van der Waals surface area contributed by atoms with Crippen molar-refractivity contribution in [1.82, 2.24) is 14.8 Å². The second kappa shape index (κ2) is 6.50. The number of nitrogens with two attached hydrogens (primary N) is 1. The molecule has 0 aliphatic rings. The first-order valence-corrected chi connectivity index (χ1v) is 6.11. The number of aromatic nitrogens is 3. The Morgan fingerprint density at radius 2 is 2.35 bits per heavy atom. The van der Waals surface area contributed by atoms with Crippen LogP contribution in [0.5, 0.6) is 0 Å². The Hall–Kier alpha value is -2.65. The fourth-order valence-corrected chi connectivity index (χ4v) is 1.69. The van der Waals surface area contributed by atoms with E-state index in [1.165, 1.54) is 17.3 Å². The lowest BCUT2D eigenvalue weighted by molar-refractivity contribution is -0.116. The third-order valence-corrected chi connectivity index (χ3v) is 2.61. The number of nitrogens with one attached hydrogen (secondary N) is 1. The Labute approximate surface area is 117 Å². The second-order valence-corrected chi connectivity index (χ2v) is 4.18. The molecule has 3 N–H and O–H groups in total. The lowest BCUT2D eigenvalue weighted by Crippen LogP contribution is -2.19. The summed E-state index contributed by atoms with van der Waals surface area (Å²) in [5.41, 5.74) is 7.97. The highest BCUT2D eigenvalue weighted by Gasteiger charge is 2.05. The van der Waals surface area contributed by atoms with Gasteiger partial charge in [0.2, 0.25) is 5.91 Å². The third kappa shape index (κ3) is 3.67. The number of nitrogens with zero attached hydrogens (tertiary/aromatic N) is 3. The van der Waals surface area contributed by atoms with Crippen molar-refractivity contribution in [2.75, 3.05) is 11.9 Å². The van der Waals surface area contributed by atoms with Crippen molar-refractivity contribution in [3.63, 3.8) is 0 Å². The predicted octanol–water partition coefficient (Wildman–Crippen LogP) is 0.535. The van der Waals surface area contributed by atoms with E-state index in [2.05, 4.69) is 27.2 Å². The van der Waals surface area contributed by atoms with Gasteiger partial charge in [-0.1, -0.05) is 11.8 Å². The molecule has 0 saturated heterocycles. The molecule has 6 heteroatoms. The van der Waals surface area contributed by atoms with E-state index in [1.807, 2.05) is 25.1 Å². The van der Waals surface area contributed by atoms with Crippen LogP contribution in [0.1, 0.15) is 11.1 Å². The summed E-state index contributed by atoms with van der Waals surface area (Å²) >= 11 is 0. The van der Waals surface area contributed by atoms with Crippen molar-refractivity contribution < 1.29 is 4.79 Å². The molecule has 0 bridgehead atoms. The minimum absolute atomic E-state index is 0.133. The standard InChI is InChI=1S/C14H15N5O/c1-11-7-13(5-4-12(11)3-2-6-15)18-14(20)8-19-10-16-9-17-19/h4-5,7,9-10H,6,8,15H2,1H3,(H,18,20). The lowest BCUT2D eigenvalue weighted by atomic mass is 10.1. The van der Waals surface area contributed by atoms with Gasteiger partial charge in [-0.3, -0.25) is 4.79 Å². The summed E-state index contributed by atoms with van der Waals surface area (Å²) in [4.78, 5) is 15.6. The molecule has 102 valence electrons. The molecule has 0 fully saturated rings. The van der Waals surface area contributed by atoms with Crippen LogP contribution in [0, 0.1) is 18.8 Å². The summed E-state index contributed by atoms with van der Waals surface area (Å²) < 4.78 is 1.46. The number of hydrogen-bond acceptors (Lipinski definition) is 4. The summed E-state index contributed by atoms with van der Waals surface area (Å²) in [5, 5.41) is 6.68. The molecular weight excluding hydrogens is 254 g/mol. The van der Waals surface area contributed by atoms with Gasteiger partial charge in [-0.15, -0.1) is 0 Å². The van der Waals surface area contributed by atoms with Gasteiger partial charge in [-0.2, -0.15) is 5.10 Å². The fraction of sp³-hybridized carbons (Fsp3) is 0.214. The normalized spacial score (nSPS) is 9.70. The number of aryl methyl sites for hydroxylation is 1. The van der Waals surface area contributed by atoms with Crippen LogP contribution in [0.15, 0.2) is 30.9 Å². The van der Waals surface area contributed by atoms with E-state index in [1.54, 1.807) is 0 Å². The highest BCUT2D eigenvalue weighted by atomic mass is 16.2. The summed E-state index contributed by atoms with van der Waals surface area (Å²) in [6.45, 7) is 2.40. The molecule has 20 heavy (non-hydrogen) atoms. The van der Waals surface area contributed by atoms with Gasteiger partial charge in [-0.05, 0) is 30.7 Å². The number of carbonyl (C=O) groups excluding carboxylic acids is 1. The zero-order valence-corrected chi connectivity index (χ0v) is 11.1. The van der Waals surface area contributed by atoms with Gasteiger partial charge in [0.15, 0.2) is 0 Å². The van der Waals surface area contributed by atoms with Crippen LogP contribution in [0.2, 0.25) is 0 Å². The molecule has 1 amide bonds. The topological polar surface area (TPSA) is 85.8 Å². The fourth-order valence-electron chi connectivity index (χ4n) is 1.69. The summed E-state index contributed by atoms with van der Waals surface area (Å²) in [6.07, 6.45) is 2.89. The molecule has 1 heterocycles. The summed E-state index contributed by atoms with van der Waals surface area (Å²) in [6, 6.07) is 5.55. The van der Waals surface area contributed by atoms with Crippen molar-refractivity contribution >= 4 is 11.6 Å². The van der Waals surface area contributed by atoms with E-state index in [-0.39, 0.29) is 12.5 Å². The second-order valence-electron chi connectivity index (χ2n) is 4.18. The number of rotatable bonds is 3. The van der Waals surface area contributed by atoms with Crippen molar-refractivity contribution in [1.29, 1.82) is 0 Å². The van der Waals surface area contributed by atoms with E-state index in [0.717, 1.165) is 16.8 Å². The maximum Gasteiger partial charge on any atom is 0.246 e. The molecular formula is C14H15N5O. The molecule has 0 radical (unpaired) electrons. The SMILES string of the molecule is Cc1cc(NC(=O)Cn2cncn2)ccc1C#CCN. The molecule has 1 aromatic carbocycles. The van der Waals surface area contributed by atoms with E-state index in [4.69, 9.17) is 5.73 Å². The molecule has 2 aromatic rings. The maximum absolute atomic E-state index is 11.8. The molecule has 0 aliphatic heterocycles. The van der Waals surface area contributed by atoms with Gasteiger partial charge >= 0.3 is 0 Å². The van der Waals surface area contributed by atoms with Crippen LogP contribution in [0.25, 0.3) is 0 Å². The predicted molar refractivity (Wildman–Crippen MR) is 75.8 cm³/mol. The number of anilines is 1. The average molecular weight is 269 g/mol. The van der Waals surface area contributed by atoms with E-state index in [0.29, 0.717) is 6.54 Å². The van der Waals surface area contributed by atoms with E-state index < -0.39 is 0 Å². The van der Waals surface area contributed by atoms with Gasteiger partial charge in [0.1, 0.15) is 19.2 Å². The van der Waals surface area contributed by atoms with Crippen molar-refractivity contribution in [3.8, 4) is 11.8 Å². The quantitative estimate of drug-likeness (QED) is 0.796. The first-order chi connectivity index (χ1) is 9.69. The Kier molecular flexibility index (Phi) is 4.47. The van der Waals surface area contributed by atoms with Crippen LogP contribution in [-0.4, -0.2) is 27.2 Å². The summed E-state index contributed by atoms with van der Waals surface area (Å²) in [7, 11) is 0. The number of amides is 1. The van der Waals surface area contributed by atoms with Gasteiger partial charge < -0.3 is 11.1 Å². The van der Waals surface area contributed by atoms with Crippen LogP contribution >= 0.6 is 0 Å². The highest BCUT2D eigenvalue weighted by Crippen LogP contribution is 2.14. The first-order valence-electron chi connectivity index (χ1n) is 6.11. The summed E-state index contributed by atoms with van der Waals surface area (Å²) in [5.74, 6) is 5.63. The van der Waals surface area contributed by atoms with Gasteiger partial charge in [0.05, 0.1) is 6.54 Å². The van der Waals surface area contributed by atoms with Crippen LogP contribution in [-0.2, 0) is 11.3 Å². The minimum atomic E-state index is -0.157. The van der Waals surface area contributed by atoms with Crippen LogP contribution < -0.4 is 11.1 Å². The van der Waals surface area contributed by atoms with E-state index in [9.17, 15) is 4.79 Å². The minimum Gasteiger partial charge on any atom is -0.324 e. The molecule has 0 unspecified atom stereocenters. The zero-order chi connectivity index (χ0) is 14.4. The van der Waals surface area contributed by atoms with Crippen molar-refractivity contribution in [3.05, 3.63) is 42.0 Å². The Bertz CT molecular complexity index is 652. The van der Waals surface area contributed by atoms with E-state index >= 15 is 0 Å². The zero-order valence-electron chi connectivity index (χ0n) is 11.1. The molecule has 0 aliphatic carbocycles. The van der Waals surface area contributed by atoms with Crippen LogP contribution in [0.4, 0.5) is 5.69 Å². The molecule has 0 atom stereocenters. The van der Waals surface area contributed by atoms with Gasteiger partial charge in [0, 0.05) is 11.3 Å². The molecule has 2 rings (SSSR count). The smallest absolute Gasteiger partial charge is 0.246 e. The molecule has 0 spiro atoms. The number of benzene rings is 1. The Balaban J connectivity index is 2.03. The average Bonchev–Trinajstić information content (AvgIpc) is 2.90. The number of carbonyl (C=O) groups is 1. The largest absolute Gasteiger partial charge is 0.324 e. The molecule has 1 aromatic heterocycles. The lowest BCUT2D eigenvalue weighted by Gasteiger charge is -2.07. The van der Waals surface area contributed by atoms with Crippen LogP contribution in [0.3, 0.4) is 0 Å². The Morgan fingerprint density at radius 3 is 3.00 bits per heavy atom. The third-order valence-electron chi connectivity index (χ3n) is 2.61. The Morgan fingerprint density at radius 1 is 1.50 bits per heavy atom. The van der Waals surface area contributed by atoms with Gasteiger partial charge in [-0.25, -0.2) is 9.67 Å². The van der Waals surface area contributed by atoms with Gasteiger partial charge in [0.25, 0.3) is 0 Å². The van der Waals surface area contributed by atoms with Crippen molar-refractivity contribution in [2.24, 2.45) is 5.73 Å². The maximum atomic E-state index is 11.8.